The summed E-state index contributed by atoms with van der Waals surface area (Å²) in [5, 5.41) is 9.69. The zero-order chi connectivity index (χ0) is 13.1. The zero-order valence-electron chi connectivity index (χ0n) is 9.76. The van der Waals surface area contributed by atoms with Crippen LogP contribution in [0.1, 0.15) is 16.6 Å². The van der Waals surface area contributed by atoms with Crippen LogP contribution >= 0.6 is 11.3 Å². The van der Waals surface area contributed by atoms with Crippen molar-refractivity contribution in [2.45, 2.75) is 6.92 Å². The number of anilines is 2. The lowest BCUT2D eigenvalue weighted by Gasteiger charge is -2.21. The van der Waals surface area contributed by atoms with Crippen LogP contribution in [0.4, 0.5) is 15.1 Å². The second kappa shape index (κ2) is 5.18. The summed E-state index contributed by atoms with van der Waals surface area (Å²) >= 11 is 1.18. The van der Waals surface area contributed by atoms with Gasteiger partial charge in [-0.15, -0.1) is 11.3 Å². The predicted octanol–water partition coefficient (Wildman–Crippen LogP) is 3.74. The van der Waals surface area contributed by atoms with Gasteiger partial charge in [0.2, 0.25) is 0 Å². The quantitative estimate of drug-likeness (QED) is 0.915. The number of hydrogen-bond donors (Lipinski definition) is 1. The second-order valence-electron chi connectivity index (χ2n) is 3.67. The number of carboxylic acids is 1. The molecule has 94 valence electrons. The Kier molecular flexibility index (Phi) is 3.62. The minimum atomic E-state index is -0.943. The maximum Gasteiger partial charge on any atom is 0.345 e. The lowest BCUT2D eigenvalue weighted by molar-refractivity contribution is 0.0702. The number of nitrogens with zero attached hydrogens (tertiary/aromatic N) is 1. The highest BCUT2D eigenvalue weighted by atomic mass is 32.1. The third-order valence-electron chi connectivity index (χ3n) is 2.50. The Balaban J connectivity index is 2.35. The van der Waals surface area contributed by atoms with Crippen LogP contribution in [-0.2, 0) is 0 Å². The molecule has 5 heteroatoms. The molecule has 0 aliphatic rings. The van der Waals surface area contributed by atoms with Crippen LogP contribution in [0.2, 0.25) is 0 Å². The third kappa shape index (κ3) is 2.51. The fraction of sp³-hybridized carbons (Fsp3) is 0.154. The zero-order valence-corrected chi connectivity index (χ0v) is 10.6. The summed E-state index contributed by atoms with van der Waals surface area (Å²) in [5.74, 6) is -1.25. The van der Waals surface area contributed by atoms with Crippen molar-refractivity contribution < 1.29 is 14.3 Å². The summed E-state index contributed by atoms with van der Waals surface area (Å²) in [4.78, 5) is 13.0. The molecule has 0 amide bonds. The van der Waals surface area contributed by atoms with Crippen molar-refractivity contribution in [3.8, 4) is 0 Å². The highest BCUT2D eigenvalue weighted by Gasteiger charge is 2.13. The largest absolute Gasteiger partial charge is 0.477 e. The number of rotatable bonds is 4. The van der Waals surface area contributed by atoms with Crippen LogP contribution < -0.4 is 4.90 Å². The highest BCUT2D eigenvalue weighted by molar-refractivity contribution is 7.17. The molecule has 0 fully saturated rings. The molecule has 18 heavy (non-hydrogen) atoms. The Labute approximate surface area is 108 Å². The first-order chi connectivity index (χ1) is 8.61. The Morgan fingerprint density at radius 2 is 2.17 bits per heavy atom. The molecule has 2 rings (SSSR count). The van der Waals surface area contributed by atoms with E-state index in [2.05, 4.69) is 0 Å². The van der Waals surface area contributed by atoms with Gasteiger partial charge in [0.1, 0.15) is 10.7 Å². The van der Waals surface area contributed by atoms with Gasteiger partial charge in [-0.3, -0.25) is 0 Å². The van der Waals surface area contributed by atoms with Crippen molar-refractivity contribution in [2.24, 2.45) is 0 Å². The van der Waals surface area contributed by atoms with E-state index in [1.54, 1.807) is 24.3 Å². The van der Waals surface area contributed by atoms with Crippen LogP contribution in [0, 0.1) is 5.82 Å². The summed E-state index contributed by atoms with van der Waals surface area (Å²) in [6.45, 7) is 2.58. The fourth-order valence-corrected chi connectivity index (χ4v) is 2.63. The Bertz CT molecular complexity index is 568. The van der Waals surface area contributed by atoms with Gasteiger partial charge >= 0.3 is 5.97 Å². The summed E-state index contributed by atoms with van der Waals surface area (Å²) < 4.78 is 13.2. The molecule has 0 aliphatic carbocycles. The Morgan fingerprint density at radius 1 is 1.39 bits per heavy atom. The van der Waals surface area contributed by atoms with Gasteiger partial charge in [0.25, 0.3) is 0 Å². The highest BCUT2D eigenvalue weighted by Crippen LogP contribution is 2.32. The topological polar surface area (TPSA) is 40.5 Å². The number of thiophene rings is 1. The van der Waals surface area contributed by atoms with Gasteiger partial charge in [-0.05, 0) is 37.3 Å². The van der Waals surface area contributed by atoms with E-state index in [-0.39, 0.29) is 10.7 Å². The van der Waals surface area contributed by atoms with Crippen LogP contribution in [0.15, 0.2) is 36.4 Å². The van der Waals surface area contributed by atoms with Gasteiger partial charge in [0, 0.05) is 12.2 Å². The van der Waals surface area contributed by atoms with Gasteiger partial charge in [-0.25, -0.2) is 9.18 Å². The van der Waals surface area contributed by atoms with Crippen LogP contribution in [0.25, 0.3) is 0 Å². The van der Waals surface area contributed by atoms with Crippen LogP contribution in [0.3, 0.4) is 0 Å². The molecular formula is C13H12FNO2S. The molecule has 0 spiro atoms. The first-order valence-corrected chi connectivity index (χ1v) is 6.29. The van der Waals surface area contributed by atoms with Gasteiger partial charge in [0.15, 0.2) is 0 Å². The lowest BCUT2D eigenvalue weighted by atomic mass is 10.3. The molecule has 0 radical (unpaired) electrons. The first-order valence-electron chi connectivity index (χ1n) is 5.48. The van der Waals surface area contributed by atoms with Gasteiger partial charge in [-0.2, -0.15) is 0 Å². The van der Waals surface area contributed by atoms with E-state index < -0.39 is 5.97 Å². The molecule has 0 aliphatic heterocycles. The van der Waals surface area contributed by atoms with E-state index in [0.29, 0.717) is 6.54 Å². The third-order valence-corrected chi connectivity index (χ3v) is 3.60. The van der Waals surface area contributed by atoms with Gasteiger partial charge in [-0.1, -0.05) is 6.07 Å². The monoisotopic (exact) mass is 265 g/mol. The molecule has 3 nitrogen and oxygen atoms in total. The molecule has 1 aromatic carbocycles. The van der Waals surface area contributed by atoms with Crippen molar-refractivity contribution in [3.63, 3.8) is 0 Å². The molecule has 0 saturated heterocycles. The molecule has 1 heterocycles. The SMILES string of the molecule is CCN(c1cccc(F)c1)c1ccc(C(=O)O)s1. The molecule has 1 N–H and O–H groups in total. The number of carboxylic acid groups (broad SMARTS) is 1. The van der Waals surface area contributed by atoms with Gasteiger partial charge in [0.05, 0.1) is 5.00 Å². The average Bonchev–Trinajstić information content (AvgIpc) is 2.80. The Morgan fingerprint density at radius 3 is 2.72 bits per heavy atom. The number of aromatic carboxylic acids is 1. The number of hydrogen-bond acceptors (Lipinski definition) is 3. The van der Waals surface area contributed by atoms with E-state index in [1.165, 1.54) is 23.5 Å². The van der Waals surface area contributed by atoms with Crippen molar-refractivity contribution in [1.82, 2.24) is 0 Å². The maximum absolute atomic E-state index is 13.2. The number of halogens is 1. The standard InChI is InChI=1S/C13H12FNO2S/c1-2-15(10-5-3-4-9(14)8-10)12-7-6-11(18-12)13(16)17/h3-8H,2H2,1H3,(H,16,17). The molecule has 0 bridgehead atoms. The molecule has 0 atom stereocenters. The summed E-state index contributed by atoms with van der Waals surface area (Å²) in [6, 6.07) is 9.55. The number of benzene rings is 1. The first kappa shape index (κ1) is 12.6. The minimum absolute atomic E-state index is 0.278. The molecule has 0 saturated carbocycles. The fourth-order valence-electron chi connectivity index (χ4n) is 1.70. The van der Waals surface area contributed by atoms with Crippen LogP contribution in [-0.4, -0.2) is 17.6 Å². The normalized spacial score (nSPS) is 10.3. The number of carbonyl (C=O) groups is 1. The van der Waals surface area contributed by atoms with E-state index >= 15 is 0 Å². The molecule has 2 aromatic rings. The van der Waals surface area contributed by atoms with Crippen molar-refractivity contribution in [2.75, 3.05) is 11.4 Å². The van der Waals surface area contributed by atoms with E-state index in [9.17, 15) is 9.18 Å². The van der Waals surface area contributed by atoms with Crippen molar-refractivity contribution in [3.05, 3.63) is 47.1 Å². The predicted molar refractivity (Wildman–Crippen MR) is 70.4 cm³/mol. The van der Waals surface area contributed by atoms with Crippen molar-refractivity contribution in [1.29, 1.82) is 0 Å². The summed E-state index contributed by atoms with van der Waals surface area (Å²) in [7, 11) is 0. The maximum atomic E-state index is 13.2. The lowest BCUT2D eigenvalue weighted by Crippen LogP contribution is -2.14. The smallest absolute Gasteiger partial charge is 0.345 e. The van der Waals surface area contributed by atoms with Gasteiger partial charge < -0.3 is 10.0 Å². The second-order valence-corrected chi connectivity index (χ2v) is 4.73. The molecule has 0 unspecified atom stereocenters. The van der Waals surface area contributed by atoms with Crippen LogP contribution in [0.5, 0.6) is 0 Å². The van der Waals surface area contributed by atoms with Crippen molar-refractivity contribution >= 4 is 28.0 Å². The summed E-state index contributed by atoms with van der Waals surface area (Å²) in [6.07, 6.45) is 0. The molecular weight excluding hydrogens is 253 g/mol. The van der Waals surface area contributed by atoms with E-state index in [0.717, 1.165) is 10.7 Å². The summed E-state index contributed by atoms with van der Waals surface area (Å²) in [5.41, 5.74) is 0.719. The van der Waals surface area contributed by atoms with E-state index in [4.69, 9.17) is 5.11 Å². The Hall–Kier alpha value is -1.88. The minimum Gasteiger partial charge on any atom is -0.477 e. The van der Waals surface area contributed by atoms with E-state index in [1.807, 2.05) is 11.8 Å². The average molecular weight is 265 g/mol. The molecule has 1 aromatic heterocycles.